The first-order valence-corrected chi connectivity index (χ1v) is 8.35. The van der Waals surface area contributed by atoms with E-state index in [1.54, 1.807) is 0 Å². The van der Waals surface area contributed by atoms with E-state index in [9.17, 15) is 14.4 Å². The number of nitrogens with zero attached hydrogens (tertiary/aromatic N) is 1. The van der Waals surface area contributed by atoms with Gasteiger partial charge in [-0.2, -0.15) is 12.6 Å². The normalized spacial score (nSPS) is 13.0. The zero-order valence-electron chi connectivity index (χ0n) is 14.1. The van der Waals surface area contributed by atoms with E-state index >= 15 is 0 Å². The first-order valence-electron chi connectivity index (χ1n) is 7.72. The van der Waals surface area contributed by atoms with Crippen LogP contribution in [0.2, 0.25) is 0 Å². The predicted molar refractivity (Wildman–Crippen MR) is 96.3 cm³/mol. The molecule has 0 saturated heterocycles. The number of aliphatic imine (C=N–C) groups is 1. The van der Waals surface area contributed by atoms with Crippen molar-refractivity contribution in [2.75, 3.05) is 12.3 Å². The second-order valence-corrected chi connectivity index (χ2v) is 6.14. The molecule has 0 rings (SSSR count). The third-order valence-corrected chi connectivity index (χ3v) is 3.39. The lowest BCUT2D eigenvalue weighted by Crippen LogP contribution is -2.53. The molecule has 0 unspecified atom stereocenters. The quantitative estimate of drug-likeness (QED) is 0.114. The number of thiol groups is 1. The van der Waals surface area contributed by atoms with Gasteiger partial charge in [0.2, 0.25) is 17.7 Å². The number of nitrogens with one attached hydrogen (secondary N) is 2. The van der Waals surface area contributed by atoms with Gasteiger partial charge in [-0.05, 0) is 25.2 Å². The van der Waals surface area contributed by atoms with Gasteiger partial charge in [-0.1, -0.05) is 13.8 Å². The van der Waals surface area contributed by atoms with Crippen molar-refractivity contribution in [3.8, 4) is 0 Å². The van der Waals surface area contributed by atoms with E-state index in [0.717, 1.165) is 0 Å². The van der Waals surface area contributed by atoms with Crippen molar-refractivity contribution < 1.29 is 14.4 Å². The molecule has 9 nitrogen and oxygen atoms in total. The van der Waals surface area contributed by atoms with Gasteiger partial charge in [0.15, 0.2) is 5.96 Å². The summed E-state index contributed by atoms with van der Waals surface area (Å²) in [6, 6.07) is -1.60. The van der Waals surface area contributed by atoms with Crippen LogP contribution >= 0.6 is 12.6 Å². The Kier molecular flexibility index (Phi) is 10.6. The van der Waals surface area contributed by atoms with E-state index in [-0.39, 0.29) is 23.5 Å². The van der Waals surface area contributed by atoms with Crippen LogP contribution in [0.5, 0.6) is 0 Å². The molecule has 0 bridgehead atoms. The monoisotopic (exact) mass is 360 g/mol. The molecule has 0 heterocycles. The average molecular weight is 360 g/mol. The second-order valence-electron chi connectivity index (χ2n) is 5.82. The van der Waals surface area contributed by atoms with Crippen LogP contribution in [0.15, 0.2) is 4.99 Å². The molecule has 0 saturated carbocycles. The summed E-state index contributed by atoms with van der Waals surface area (Å²) in [5.74, 6) is -1.39. The maximum Gasteiger partial charge on any atom is 0.243 e. The fourth-order valence-corrected chi connectivity index (χ4v) is 2.09. The number of rotatable bonds is 11. The summed E-state index contributed by atoms with van der Waals surface area (Å²) >= 11 is 3.87. The number of carbonyl (C=O) groups is 3. The van der Waals surface area contributed by atoms with E-state index in [1.807, 2.05) is 13.8 Å². The Labute approximate surface area is 147 Å². The number of hydrogen-bond acceptors (Lipinski definition) is 5. The molecule has 8 N–H and O–H groups in total. The maximum absolute atomic E-state index is 12.4. The molecule has 10 heteroatoms. The van der Waals surface area contributed by atoms with E-state index in [4.69, 9.17) is 17.2 Å². The molecule has 0 aliphatic rings. The van der Waals surface area contributed by atoms with Crippen molar-refractivity contribution in [1.82, 2.24) is 10.6 Å². The molecule has 0 radical (unpaired) electrons. The number of carbonyl (C=O) groups excluding carboxylic acids is 3. The highest BCUT2D eigenvalue weighted by molar-refractivity contribution is 7.81. The first kappa shape index (κ1) is 22.0. The van der Waals surface area contributed by atoms with E-state index < -0.39 is 23.9 Å². The van der Waals surface area contributed by atoms with Crippen LogP contribution in [-0.4, -0.2) is 48.1 Å². The highest BCUT2D eigenvalue weighted by Crippen LogP contribution is 2.06. The number of amides is 3. The molecule has 0 aliphatic carbocycles. The van der Waals surface area contributed by atoms with Crippen LogP contribution in [0.3, 0.4) is 0 Å². The first-order chi connectivity index (χ1) is 11.2. The number of primary amides is 1. The van der Waals surface area contributed by atoms with Gasteiger partial charge in [-0.25, -0.2) is 0 Å². The largest absolute Gasteiger partial charge is 0.370 e. The highest BCUT2D eigenvalue weighted by Gasteiger charge is 2.25. The Balaban J connectivity index is 4.83. The lowest BCUT2D eigenvalue weighted by molar-refractivity contribution is -0.131. The average Bonchev–Trinajstić information content (AvgIpc) is 2.48. The summed E-state index contributed by atoms with van der Waals surface area (Å²) in [6.07, 6.45) is 1.21. The van der Waals surface area contributed by atoms with Gasteiger partial charge in [-0.3, -0.25) is 19.4 Å². The summed E-state index contributed by atoms with van der Waals surface area (Å²) < 4.78 is 0. The fourth-order valence-electron chi connectivity index (χ4n) is 2.00. The Morgan fingerprint density at radius 2 is 1.71 bits per heavy atom. The van der Waals surface area contributed by atoms with Crippen molar-refractivity contribution in [2.24, 2.45) is 28.1 Å². The van der Waals surface area contributed by atoms with Crippen LogP contribution in [0, 0.1) is 5.92 Å². The van der Waals surface area contributed by atoms with E-state index in [0.29, 0.717) is 25.8 Å². The van der Waals surface area contributed by atoms with Crippen molar-refractivity contribution in [2.45, 2.75) is 45.2 Å². The highest BCUT2D eigenvalue weighted by atomic mass is 32.1. The molecular formula is C14H28N6O3S. The van der Waals surface area contributed by atoms with Gasteiger partial charge in [0, 0.05) is 6.54 Å². The molecule has 0 aromatic rings. The van der Waals surface area contributed by atoms with Gasteiger partial charge in [0.25, 0.3) is 0 Å². The van der Waals surface area contributed by atoms with Gasteiger partial charge >= 0.3 is 0 Å². The summed E-state index contributed by atoms with van der Waals surface area (Å²) in [4.78, 5) is 39.2. The zero-order valence-corrected chi connectivity index (χ0v) is 15.0. The molecule has 0 aromatic heterocycles. The molecule has 0 fully saturated rings. The van der Waals surface area contributed by atoms with Crippen molar-refractivity contribution in [3.05, 3.63) is 0 Å². The lowest BCUT2D eigenvalue weighted by Gasteiger charge is -2.22. The van der Waals surface area contributed by atoms with E-state index in [2.05, 4.69) is 28.3 Å². The fraction of sp³-hybridized carbons (Fsp3) is 0.714. The summed E-state index contributed by atoms with van der Waals surface area (Å²) in [5, 5.41) is 5.15. The van der Waals surface area contributed by atoms with E-state index in [1.165, 1.54) is 0 Å². The SMILES string of the molecule is CC(C)C[C@H](NC(=O)[C@H](CCCN=C(N)N)NC(=O)CS)C(N)=O. The number of guanidine groups is 1. The minimum atomic E-state index is -0.812. The molecule has 0 aliphatic heterocycles. The molecule has 138 valence electrons. The standard InChI is InChI=1S/C14H28N6O3S/c1-8(2)6-10(12(15)22)20-13(23)9(19-11(21)7-24)4-3-5-18-14(16)17/h8-10,24H,3-7H2,1-2H3,(H2,15,22)(H,19,21)(H,20,23)(H4,16,17,18)/t9-,10-/m0/s1. The second kappa shape index (κ2) is 11.5. The van der Waals surface area contributed by atoms with Crippen molar-refractivity contribution in [3.63, 3.8) is 0 Å². The minimum Gasteiger partial charge on any atom is -0.370 e. The lowest BCUT2D eigenvalue weighted by atomic mass is 10.0. The van der Waals surface area contributed by atoms with Gasteiger partial charge < -0.3 is 27.8 Å². The Morgan fingerprint density at radius 3 is 2.17 bits per heavy atom. The summed E-state index contributed by atoms with van der Waals surface area (Å²) in [6.45, 7) is 4.16. The van der Waals surface area contributed by atoms with Crippen molar-refractivity contribution >= 4 is 36.3 Å². The minimum absolute atomic E-state index is 0.0406. The predicted octanol–water partition coefficient (Wildman–Crippen LogP) is -1.53. The Bertz CT molecular complexity index is 465. The summed E-state index contributed by atoms with van der Waals surface area (Å²) in [7, 11) is 0. The Morgan fingerprint density at radius 1 is 1.08 bits per heavy atom. The number of hydrogen-bond donors (Lipinski definition) is 6. The smallest absolute Gasteiger partial charge is 0.243 e. The van der Waals surface area contributed by atoms with Crippen LogP contribution < -0.4 is 27.8 Å². The third-order valence-electron chi connectivity index (χ3n) is 3.11. The zero-order chi connectivity index (χ0) is 18.7. The van der Waals surface area contributed by atoms with Crippen LogP contribution in [0.4, 0.5) is 0 Å². The molecule has 3 amide bonds. The van der Waals surface area contributed by atoms with Crippen molar-refractivity contribution in [1.29, 1.82) is 0 Å². The molecule has 24 heavy (non-hydrogen) atoms. The molecule has 2 atom stereocenters. The molecular weight excluding hydrogens is 332 g/mol. The maximum atomic E-state index is 12.4. The van der Waals surface area contributed by atoms with Crippen LogP contribution in [0.25, 0.3) is 0 Å². The topological polar surface area (TPSA) is 166 Å². The van der Waals surface area contributed by atoms with Gasteiger partial charge in [-0.15, -0.1) is 0 Å². The van der Waals surface area contributed by atoms with Gasteiger partial charge in [0.05, 0.1) is 5.75 Å². The van der Waals surface area contributed by atoms with Crippen LogP contribution in [0.1, 0.15) is 33.1 Å². The third kappa shape index (κ3) is 9.93. The van der Waals surface area contributed by atoms with Crippen LogP contribution in [-0.2, 0) is 14.4 Å². The number of nitrogens with two attached hydrogens (primary N) is 3. The molecule has 0 aromatic carbocycles. The van der Waals surface area contributed by atoms with Gasteiger partial charge in [0.1, 0.15) is 12.1 Å². The molecule has 0 spiro atoms. The summed E-state index contributed by atoms with van der Waals surface area (Å²) in [5.41, 5.74) is 15.8. The Hall–Kier alpha value is -1.97.